The summed E-state index contributed by atoms with van der Waals surface area (Å²) < 4.78 is 2.26. The van der Waals surface area contributed by atoms with Gasteiger partial charge in [-0.05, 0) is 24.3 Å². The van der Waals surface area contributed by atoms with Gasteiger partial charge in [0.15, 0.2) is 4.96 Å². The largest absolute Gasteiger partial charge is 0.325 e. The monoisotopic (exact) mass is 327 g/mol. The van der Waals surface area contributed by atoms with Gasteiger partial charge in [0, 0.05) is 22.7 Å². The maximum atomic E-state index is 6.07. The summed E-state index contributed by atoms with van der Waals surface area (Å²) in [5, 5.41) is 0. The van der Waals surface area contributed by atoms with Crippen molar-refractivity contribution in [2.24, 2.45) is 5.73 Å². The van der Waals surface area contributed by atoms with E-state index in [9.17, 15) is 0 Å². The summed E-state index contributed by atoms with van der Waals surface area (Å²) in [6.45, 7) is 11.5. The van der Waals surface area contributed by atoms with Crippen molar-refractivity contribution in [3.8, 4) is 11.3 Å². The molecule has 122 valence electrons. The molecule has 0 aliphatic rings. The second-order valence-corrected chi connectivity index (χ2v) is 8.20. The van der Waals surface area contributed by atoms with Gasteiger partial charge >= 0.3 is 0 Å². The topological polar surface area (TPSA) is 43.3 Å². The molecule has 0 saturated heterocycles. The number of benzene rings is 1. The van der Waals surface area contributed by atoms with Crippen molar-refractivity contribution in [2.45, 2.75) is 53.0 Å². The molecule has 0 unspecified atom stereocenters. The molecule has 1 aromatic carbocycles. The average Bonchev–Trinajstić information content (AvgIpc) is 3.00. The quantitative estimate of drug-likeness (QED) is 0.758. The zero-order valence-corrected chi connectivity index (χ0v) is 15.4. The molecule has 3 aromatic rings. The fourth-order valence-corrected chi connectivity index (χ4v) is 4.16. The van der Waals surface area contributed by atoms with Gasteiger partial charge in [0.2, 0.25) is 0 Å². The zero-order chi connectivity index (χ0) is 16.8. The third-order valence-electron chi connectivity index (χ3n) is 4.42. The van der Waals surface area contributed by atoms with E-state index >= 15 is 0 Å². The standard InChI is InChI=1S/C19H25N3S/c1-6-15-12(2)23-18-21-17(16(11-20)22(15)18)13-7-9-14(10-8-13)19(3,4)5/h7-10H,6,11,20H2,1-5H3. The lowest BCUT2D eigenvalue weighted by molar-refractivity contribution is 0.590. The van der Waals surface area contributed by atoms with E-state index < -0.39 is 0 Å². The lowest BCUT2D eigenvalue weighted by atomic mass is 9.86. The van der Waals surface area contributed by atoms with Crippen molar-refractivity contribution in [1.82, 2.24) is 9.38 Å². The van der Waals surface area contributed by atoms with Gasteiger partial charge in [-0.25, -0.2) is 4.98 Å². The van der Waals surface area contributed by atoms with E-state index in [1.165, 1.54) is 16.1 Å². The molecular formula is C19H25N3S. The lowest BCUT2D eigenvalue weighted by Crippen LogP contribution is -2.10. The third kappa shape index (κ3) is 2.70. The van der Waals surface area contributed by atoms with E-state index in [0.29, 0.717) is 6.54 Å². The Morgan fingerprint density at radius 3 is 2.30 bits per heavy atom. The van der Waals surface area contributed by atoms with Crippen LogP contribution in [0.3, 0.4) is 0 Å². The van der Waals surface area contributed by atoms with E-state index in [2.05, 4.69) is 63.3 Å². The number of fused-ring (bicyclic) bond motifs is 1. The van der Waals surface area contributed by atoms with Gasteiger partial charge in [-0.1, -0.05) is 52.0 Å². The Morgan fingerprint density at radius 1 is 1.13 bits per heavy atom. The summed E-state index contributed by atoms with van der Waals surface area (Å²) >= 11 is 1.75. The van der Waals surface area contributed by atoms with Gasteiger partial charge in [0.25, 0.3) is 0 Å². The maximum absolute atomic E-state index is 6.07. The number of hydrogen-bond acceptors (Lipinski definition) is 3. The van der Waals surface area contributed by atoms with Crippen LogP contribution in [0.1, 0.15) is 49.5 Å². The SMILES string of the molecule is CCc1c(C)sc2nc(-c3ccc(C(C)(C)C)cc3)c(CN)n12. The Bertz CT molecular complexity index is 832. The number of rotatable bonds is 3. The molecule has 2 heterocycles. The van der Waals surface area contributed by atoms with Crippen LogP contribution in [0.2, 0.25) is 0 Å². The molecule has 0 aliphatic heterocycles. The first-order valence-corrected chi connectivity index (χ1v) is 8.99. The minimum Gasteiger partial charge on any atom is -0.325 e. The number of nitrogens with two attached hydrogens (primary N) is 1. The van der Waals surface area contributed by atoms with Crippen molar-refractivity contribution in [2.75, 3.05) is 0 Å². The van der Waals surface area contributed by atoms with Crippen LogP contribution in [-0.4, -0.2) is 9.38 Å². The summed E-state index contributed by atoms with van der Waals surface area (Å²) in [5.74, 6) is 0. The normalized spacial score (nSPS) is 12.3. The van der Waals surface area contributed by atoms with Crippen LogP contribution < -0.4 is 5.73 Å². The van der Waals surface area contributed by atoms with Crippen LogP contribution >= 0.6 is 11.3 Å². The molecule has 0 radical (unpaired) electrons. The van der Waals surface area contributed by atoms with E-state index in [1.54, 1.807) is 11.3 Å². The van der Waals surface area contributed by atoms with Crippen LogP contribution in [0.15, 0.2) is 24.3 Å². The Kier molecular flexibility index (Phi) is 4.07. The highest BCUT2D eigenvalue weighted by Gasteiger charge is 2.19. The Hall–Kier alpha value is -1.65. The van der Waals surface area contributed by atoms with Crippen molar-refractivity contribution in [3.63, 3.8) is 0 Å². The van der Waals surface area contributed by atoms with Crippen LogP contribution in [0.5, 0.6) is 0 Å². The highest BCUT2D eigenvalue weighted by Crippen LogP contribution is 2.32. The number of nitrogens with zero attached hydrogens (tertiary/aromatic N) is 2. The summed E-state index contributed by atoms with van der Waals surface area (Å²) in [4.78, 5) is 7.26. The van der Waals surface area contributed by atoms with Gasteiger partial charge in [-0.3, -0.25) is 4.40 Å². The van der Waals surface area contributed by atoms with Crippen LogP contribution in [-0.2, 0) is 18.4 Å². The molecular weight excluding hydrogens is 302 g/mol. The first kappa shape index (κ1) is 16.2. The molecule has 0 bridgehead atoms. The fraction of sp³-hybridized carbons (Fsp3) is 0.421. The first-order chi connectivity index (χ1) is 10.9. The number of hydrogen-bond donors (Lipinski definition) is 1. The highest BCUT2D eigenvalue weighted by molar-refractivity contribution is 7.17. The summed E-state index contributed by atoms with van der Waals surface area (Å²) in [6.07, 6.45) is 0.998. The molecule has 3 rings (SSSR count). The van der Waals surface area contributed by atoms with Gasteiger partial charge in [-0.2, -0.15) is 0 Å². The predicted octanol–water partition coefficient (Wildman–Crippen LogP) is 4.69. The highest BCUT2D eigenvalue weighted by atomic mass is 32.1. The molecule has 0 aliphatic carbocycles. The van der Waals surface area contributed by atoms with E-state index in [1.807, 2.05) is 0 Å². The summed E-state index contributed by atoms with van der Waals surface area (Å²) in [6, 6.07) is 8.75. The van der Waals surface area contributed by atoms with Gasteiger partial charge < -0.3 is 5.73 Å². The van der Waals surface area contributed by atoms with Crippen LogP contribution in [0.4, 0.5) is 0 Å². The lowest BCUT2D eigenvalue weighted by Gasteiger charge is -2.19. The Balaban J connectivity index is 2.15. The maximum Gasteiger partial charge on any atom is 0.194 e. The molecule has 2 aromatic heterocycles. The smallest absolute Gasteiger partial charge is 0.194 e. The molecule has 2 N–H and O–H groups in total. The van der Waals surface area contributed by atoms with E-state index in [0.717, 1.165) is 28.3 Å². The molecule has 4 heteroatoms. The van der Waals surface area contributed by atoms with Crippen molar-refractivity contribution in [3.05, 3.63) is 46.1 Å². The molecule has 0 atom stereocenters. The van der Waals surface area contributed by atoms with Gasteiger partial charge in [-0.15, -0.1) is 11.3 Å². The first-order valence-electron chi connectivity index (χ1n) is 8.17. The Morgan fingerprint density at radius 2 is 1.78 bits per heavy atom. The number of thiazole rings is 1. The molecule has 0 saturated carbocycles. The molecule has 0 fully saturated rings. The fourth-order valence-electron chi connectivity index (χ4n) is 3.09. The van der Waals surface area contributed by atoms with E-state index in [4.69, 9.17) is 10.7 Å². The van der Waals surface area contributed by atoms with Crippen LogP contribution in [0.25, 0.3) is 16.2 Å². The number of aromatic nitrogens is 2. The zero-order valence-electron chi connectivity index (χ0n) is 14.6. The second-order valence-electron chi connectivity index (χ2n) is 7.02. The van der Waals surface area contributed by atoms with E-state index in [-0.39, 0.29) is 5.41 Å². The average molecular weight is 327 g/mol. The van der Waals surface area contributed by atoms with Gasteiger partial charge in [0.1, 0.15) is 0 Å². The van der Waals surface area contributed by atoms with Crippen molar-refractivity contribution < 1.29 is 0 Å². The third-order valence-corrected chi connectivity index (χ3v) is 5.41. The molecule has 3 nitrogen and oxygen atoms in total. The summed E-state index contributed by atoms with van der Waals surface area (Å²) in [7, 11) is 0. The minimum absolute atomic E-state index is 0.163. The second kappa shape index (κ2) is 5.77. The van der Waals surface area contributed by atoms with Crippen LogP contribution in [0, 0.1) is 6.92 Å². The van der Waals surface area contributed by atoms with Gasteiger partial charge in [0.05, 0.1) is 11.4 Å². The summed E-state index contributed by atoms with van der Waals surface area (Å²) in [5.41, 5.74) is 12.2. The molecule has 0 amide bonds. The molecule has 23 heavy (non-hydrogen) atoms. The predicted molar refractivity (Wildman–Crippen MR) is 99.2 cm³/mol. The van der Waals surface area contributed by atoms with Crippen molar-refractivity contribution in [1.29, 1.82) is 0 Å². The minimum atomic E-state index is 0.163. The molecule has 0 spiro atoms. The number of imidazole rings is 1. The Labute approximate surface area is 142 Å². The van der Waals surface area contributed by atoms with Crippen molar-refractivity contribution >= 4 is 16.3 Å². The number of aryl methyl sites for hydroxylation is 2.